The van der Waals surface area contributed by atoms with E-state index in [9.17, 15) is 0 Å². The molecule has 2 N–H and O–H groups in total. The summed E-state index contributed by atoms with van der Waals surface area (Å²) in [6.45, 7) is 11.9. The van der Waals surface area contributed by atoms with E-state index in [-0.39, 0.29) is 0 Å². The van der Waals surface area contributed by atoms with Crippen LogP contribution in [0.5, 0.6) is 0 Å². The molecule has 0 saturated heterocycles. The van der Waals surface area contributed by atoms with E-state index in [4.69, 9.17) is 5.73 Å². The minimum absolute atomic E-state index is 0.426. The van der Waals surface area contributed by atoms with E-state index in [0.29, 0.717) is 5.41 Å². The van der Waals surface area contributed by atoms with Crippen LogP contribution < -0.4 is 5.73 Å². The number of rotatable bonds is 5. The SMILES string of the molecule is Cc1cc(C)c(C)c(CN(C)CC2(CN)CC2)c1C. The van der Waals surface area contributed by atoms with Gasteiger partial charge in [0, 0.05) is 13.1 Å². The summed E-state index contributed by atoms with van der Waals surface area (Å²) in [7, 11) is 2.23. The molecular weight excluding hydrogens is 232 g/mol. The topological polar surface area (TPSA) is 29.3 Å². The standard InChI is InChI=1S/C17H28N2/c1-12-8-13(2)15(4)16(14(12)3)9-19(5)11-17(10-18)6-7-17/h8H,6-7,9-11,18H2,1-5H3. The number of hydrogen-bond donors (Lipinski definition) is 1. The quantitative estimate of drug-likeness (QED) is 0.881. The summed E-state index contributed by atoms with van der Waals surface area (Å²) in [5.41, 5.74) is 13.5. The lowest BCUT2D eigenvalue weighted by Crippen LogP contribution is -2.31. The molecule has 1 aliphatic rings. The Morgan fingerprint density at radius 1 is 1.11 bits per heavy atom. The van der Waals surface area contributed by atoms with Crippen LogP contribution in [0.25, 0.3) is 0 Å². The summed E-state index contributed by atoms with van der Waals surface area (Å²) in [5.74, 6) is 0. The minimum Gasteiger partial charge on any atom is -0.330 e. The van der Waals surface area contributed by atoms with Gasteiger partial charge in [-0.25, -0.2) is 0 Å². The van der Waals surface area contributed by atoms with Crippen LogP contribution in [0.1, 0.15) is 40.7 Å². The first-order valence-corrected chi connectivity index (χ1v) is 7.33. The van der Waals surface area contributed by atoms with Crippen LogP contribution in [0.4, 0.5) is 0 Å². The first-order valence-electron chi connectivity index (χ1n) is 7.33. The van der Waals surface area contributed by atoms with Crippen LogP contribution >= 0.6 is 0 Å². The summed E-state index contributed by atoms with van der Waals surface area (Å²) in [4.78, 5) is 2.45. The largest absolute Gasteiger partial charge is 0.330 e. The molecule has 1 saturated carbocycles. The van der Waals surface area contributed by atoms with Gasteiger partial charge in [0.05, 0.1) is 0 Å². The van der Waals surface area contributed by atoms with E-state index in [1.54, 1.807) is 0 Å². The van der Waals surface area contributed by atoms with E-state index < -0.39 is 0 Å². The second kappa shape index (κ2) is 5.26. The van der Waals surface area contributed by atoms with Crippen molar-refractivity contribution in [1.82, 2.24) is 4.90 Å². The van der Waals surface area contributed by atoms with Crippen molar-refractivity contribution in [3.05, 3.63) is 33.9 Å². The van der Waals surface area contributed by atoms with Gasteiger partial charge in [0.25, 0.3) is 0 Å². The Kier molecular flexibility index (Phi) is 4.03. The van der Waals surface area contributed by atoms with Crippen LogP contribution in [-0.2, 0) is 6.54 Å². The van der Waals surface area contributed by atoms with Gasteiger partial charge in [-0.05, 0) is 87.4 Å². The molecule has 0 atom stereocenters. The molecule has 1 aromatic carbocycles. The average Bonchev–Trinajstić information content (AvgIpc) is 3.12. The fourth-order valence-corrected chi connectivity index (χ4v) is 3.04. The van der Waals surface area contributed by atoms with E-state index in [1.165, 1.54) is 40.7 Å². The molecule has 0 bridgehead atoms. The number of hydrogen-bond acceptors (Lipinski definition) is 2. The third-order valence-electron chi connectivity index (χ3n) is 4.94. The second-order valence-corrected chi connectivity index (χ2v) is 6.62. The lowest BCUT2D eigenvalue weighted by Gasteiger charge is -2.25. The Labute approximate surface area is 118 Å². The van der Waals surface area contributed by atoms with Crippen molar-refractivity contribution in [1.29, 1.82) is 0 Å². The van der Waals surface area contributed by atoms with E-state index in [0.717, 1.165) is 19.6 Å². The molecule has 0 spiro atoms. The molecule has 2 rings (SSSR count). The Morgan fingerprint density at radius 3 is 2.05 bits per heavy atom. The minimum atomic E-state index is 0.426. The van der Waals surface area contributed by atoms with Crippen LogP contribution in [0.2, 0.25) is 0 Å². The lowest BCUT2D eigenvalue weighted by atomic mass is 9.93. The van der Waals surface area contributed by atoms with Crippen LogP contribution in [0.3, 0.4) is 0 Å². The van der Waals surface area contributed by atoms with Gasteiger partial charge < -0.3 is 10.6 Å². The Bertz CT molecular complexity index is 446. The molecule has 1 aromatic rings. The summed E-state index contributed by atoms with van der Waals surface area (Å²) in [6.07, 6.45) is 2.61. The van der Waals surface area contributed by atoms with Crippen molar-refractivity contribution in [2.45, 2.75) is 47.1 Å². The highest BCUT2D eigenvalue weighted by molar-refractivity contribution is 5.43. The maximum Gasteiger partial charge on any atom is 0.0236 e. The van der Waals surface area contributed by atoms with Crippen molar-refractivity contribution >= 4 is 0 Å². The molecule has 0 radical (unpaired) electrons. The molecule has 2 nitrogen and oxygen atoms in total. The molecule has 19 heavy (non-hydrogen) atoms. The zero-order chi connectivity index (χ0) is 14.2. The smallest absolute Gasteiger partial charge is 0.0236 e. The normalized spacial score (nSPS) is 17.0. The summed E-state index contributed by atoms with van der Waals surface area (Å²) in [6, 6.07) is 2.30. The van der Waals surface area contributed by atoms with Gasteiger partial charge in [-0.1, -0.05) is 6.07 Å². The van der Waals surface area contributed by atoms with E-state index in [2.05, 4.69) is 45.7 Å². The fraction of sp³-hybridized carbons (Fsp3) is 0.647. The predicted molar refractivity (Wildman–Crippen MR) is 82.4 cm³/mol. The first-order chi connectivity index (χ1) is 8.88. The monoisotopic (exact) mass is 260 g/mol. The van der Waals surface area contributed by atoms with E-state index >= 15 is 0 Å². The van der Waals surface area contributed by atoms with Crippen LogP contribution in [0.15, 0.2) is 6.07 Å². The van der Waals surface area contributed by atoms with Gasteiger partial charge in [-0.3, -0.25) is 0 Å². The highest BCUT2D eigenvalue weighted by Crippen LogP contribution is 2.45. The van der Waals surface area contributed by atoms with Crippen LogP contribution in [-0.4, -0.2) is 25.0 Å². The summed E-state index contributed by atoms with van der Waals surface area (Å²) < 4.78 is 0. The average molecular weight is 260 g/mol. The van der Waals surface area contributed by atoms with Crippen LogP contribution in [0, 0.1) is 33.1 Å². The summed E-state index contributed by atoms with van der Waals surface area (Å²) in [5, 5.41) is 0. The van der Waals surface area contributed by atoms with Crippen molar-refractivity contribution in [3.8, 4) is 0 Å². The highest BCUT2D eigenvalue weighted by Gasteiger charge is 2.41. The van der Waals surface area contributed by atoms with Crippen molar-refractivity contribution < 1.29 is 0 Å². The lowest BCUT2D eigenvalue weighted by molar-refractivity contribution is 0.258. The Balaban J connectivity index is 2.14. The molecule has 0 heterocycles. The number of aryl methyl sites for hydroxylation is 2. The van der Waals surface area contributed by atoms with Gasteiger partial charge >= 0.3 is 0 Å². The van der Waals surface area contributed by atoms with Gasteiger partial charge in [-0.2, -0.15) is 0 Å². The van der Waals surface area contributed by atoms with Crippen molar-refractivity contribution in [2.75, 3.05) is 20.1 Å². The van der Waals surface area contributed by atoms with Crippen molar-refractivity contribution in [3.63, 3.8) is 0 Å². The third kappa shape index (κ3) is 3.01. The van der Waals surface area contributed by atoms with Gasteiger partial charge in [0.2, 0.25) is 0 Å². The third-order valence-corrected chi connectivity index (χ3v) is 4.94. The Hall–Kier alpha value is -0.860. The maximum atomic E-state index is 5.89. The molecule has 106 valence electrons. The second-order valence-electron chi connectivity index (χ2n) is 6.62. The number of benzene rings is 1. The molecule has 1 fully saturated rings. The fourth-order valence-electron chi connectivity index (χ4n) is 3.04. The first kappa shape index (κ1) is 14.5. The molecule has 2 heteroatoms. The number of nitrogens with two attached hydrogens (primary N) is 1. The molecule has 1 aliphatic carbocycles. The predicted octanol–water partition coefficient (Wildman–Crippen LogP) is 3.09. The number of nitrogens with zero attached hydrogens (tertiary/aromatic N) is 1. The zero-order valence-corrected chi connectivity index (χ0v) is 13.1. The van der Waals surface area contributed by atoms with Gasteiger partial charge in [0.1, 0.15) is 0 Å². The molecule has 0 aromatic heterocycles. The summed E-state index contributed by atoms with van der Waals surface area (Å²) >= 11 is 0. The molecule has 0 amide bonds. The van der Waals surface area contributed by atoms with Gasteiger partial charge in [0.15, 0.2) is 0 Å². The molecule has 0 unspecified atom stereocenters. The highest BCUT2D eigenvalue weighted by atomic mass is 15.1. The maximum absolute atomic E-state index is 5.89. The zero-order valence-electron chi connectivity index (χ0n) is 13.1. The molecule has 0 aliphatic heterocycles. The van der Waals surface area contributed by atoms with Crippen molar-refractivity contribution in [2.24, 2.45) is 11.1 Å². The van der Waals surface area contributed by atoms with E-state index in [1.807, 2.05) is 0 Å². The molecular formula is C17H28N2. The Morgan fingerprint density at radius 2 is 1.63 bits per heavy atom. The van der Waals surface area contributed by atoms with Gasteiger partial charge in [-0.15, -0.1) is 0 Å².